The van der Waals surface area contributed by atoms with Crippen molar-refractivity contribution < 1.29 is 19.2 Å². The normalized spacial score (nSPS) is 26.9. The van der Waals surface area contributed by atoms with E-state index in [1.54, 1.807) is 5.06 Å². The average Bonchev–Trinajstić information content (AvgIpc) is 3.55. The molecule has 4 fully saturated rings. The largest absolute Gasteiger partial charge is 0.528 e. The van der Waals surface area contributed by atoms with Crippen LogP contribution >= 0.6 is 0 Å². The Morgan fingerprint density at radius 3 is 2.41 bits per heavy atom. The van der Waals surface area contributed by atoms with Gasteiger partial charge in [0, 0.05) is 56.2 Å². The van der Waals surface area contributed by atoms with Gasteiger partial charge in [-0.05, 0) is 103 Å². The fourth-order valence-corrected chi connectivity index (χ4v) is 6.78. The van der Waals surface area contributed by atoms with Gasteiger partial charge in [0.2, 0.25) is 5.91 Å². The molecule has 1 aromatic rings. The fraction of sp³-hybridized carbons (Fsp3) is 0.724. The van der Waals surface area contributed by atoms with E-state index in [0.29, 0.717) is 38.0 Å². The van der Waals surface area contributed by atoms with Crippen LogP contribution in [0.3, 0.4) is 0 Å². The second-order valence-electron chi connectivity index (χ2n) is 12.6. The van der Waals surface area contributed by atoms with Crippen LogP contribution in [0.2, 0.25) is 0 Å². The maximum Gasteiger partial charge on any atom is 0.528 e. The van der Waals surface area contributed by atoms with E-state index >= 15 is 0 Å². The second kappa shape index (κ2) is 10.1. The molecule has 0 aromatic heterocycles. The molecule has 37 heavy (non-hydrogen) atoms. The first-order valence-electron chi connectivity index (χ1n) is 14.1. The summed E-state index contributed by atoms with van der Waals surface area (Å²) < 4.78 is 5.27. The number of likely N-dealkylation sites (tertiary alicyclic amines) is 1. The number of nitrogens with zero attached hydrogens (tertiary/aromatic N) is 4. The lowest BCUT2D eigenvalue weighted by molar-refractivity contribution is -0.166. The van der Waals surface area contributed by atoms with Gasteiger partial charge < -0.3 is 19.4 Å². The SMILES string of the molecule is Cc1cc(N2CC[C@@H](N3CCC[C@@H]3C)C2)ccc1N1CCC2(CCN(OC(=O)OC(C)(C)C)CC2)C1=O. The molecule has 4 saturated heterocycles. The summed E-state index contributed by atoms with van der Waals surface area (Å²) in [5.74, 6) is 0.213. The van der Waals surface area contributed by atoms with Crippen molar-refractivity contribution in [1.82, 2.24) is 9.96 Å². The van der Waals surface area contributed by atoms with Crippen molar-refractivity contribution in [2.75, 3.05) is 49.1 Å². The molecule has 4 heterocycles. The van der Waals surface area contributed by atoms with Crippen LogP contribution in [0.1, 0.15) is 71.8 Å². The number of aryl methyl sites for hydroxylation is 1. The Balaban J connectivity index is 1.18. The molecule has 0 N–H and O–H groups in total. The summed E-state index contributed by atoms with van der Waals surface area (Å²) in [6, 6.07) is 7.98. The third kappa shape index (κ3) is 5.46. The molecular weight excluding hydrogens is 468 g/mol. The van der Waals surface area contributed by atoms with Crippen LogP contribution in [0.5, 0.6) is 0 Å². The fourth-order valence-electron chi connectivity index (χ4n) is 6.78. The van der Waals surface area contributed by atoms with E-state index < -0.39 is 11.8 Å². The van der Waals surface area contributed by atoms with Gasteiger partial charge in [-0.3, -0.25) is 9.69 Å². The van der Waals surface area contributed by atoms with Gasteiger partial charge in [0.05, 0.1) is 5.41 Å². The standard InChI is InChI=1S/C29H44N4O4/c1-21-19-23(30-15-10-24(20-30)32-14-6-7-22(32)2)8-9-25(21)33-18-13-29(26(33)34)11-16-31(17-12-29)37-27(35)36-28(3,4)5/h8-9,19,22,24H,6-7,10-18,20H2,1-5H3/t22-,24+/m0/s1. The summed E-state index contributed by atoms with van der Waals surface area (Å²) in [7, 11) is 0. The molecule has 0 unspecified atom stereocenters. The van der Waals surface area contributed by atoms with Gasteiger partial charge >= 0.3 is 6.16 Å². The van der Waals surface area contributed by atoms with E-state index in [9.17, 15) is 9.59 Å². The maximum absolute atomic E-state index is 13.7. The first-order valence-corrected chi connectivity index (χ1v) is 14.1. The highest BCUT2D eigenvalue weighted by Crippen LogP contribution is 2.44. The lowest BCUT2D eigenvalue weighted by Crippen LogP contribution is -2.45. The molecule has 0 aliphatic carbocycles. The van der Waals surface area contributed by atoms with Crippen LogP contribution in [-0.4, -0.2) is 79.0 Å². The zero-order valence-corrected chi connectivity index (χ0v) is 23.3. The Morgan fingerprint density at radius 2 is 1.76 bits per heavy atom. The zero-order valence-electron chi connectivity index (χ0n) is 23.3. The molecular formula is C29H44N4O4. The Morgan fingerprint density at radius 1 is 1.03 bits per heavy atom. The Kier molecular flexibility index (Phi) is 7.18. The molecule has 8 heteroatoms. The number of anilines is 2. The third-order valence-electron chi connectivity index (χ3n) is 8.86. The minimum absolute atomic E-state index is 0.213. The van der Waals surface area contributed by atoms with E-state index in [1.165, 1.54) is 31.5 Å². The number of carbonyl (C=O) groups excluding carboxylic acids is 2. The first kappa shape index (κ1) is 26.3. The van der Waals surface area contributed by atoms with Crippen LogP contribution in [0, 0.1) is 12.3 Å². The van der Waals surface area contributed by atoms with E-state index in [2.05, 4.69) is 41.8 Å². The maximum atomic E-state index is 13.7. The summed E-state index contributed by atoms with van der Waals surface area (Å²) in [5.41, 5.74) is 2.50. The van der Waals surface area contributed by atoms with Crippen molar-refractivity contribution in [3.05, 3.63) is 23.8 Å². The Bertz CT molecular complexity index is 1010. The van der Waals surface area contributed by atoms with Crippen molar-refractivity contribution in [3.63, 3.8) is 0 Å². The minimum atomic E-state index is -0.683. The molecule has 2 atom stereocenters. The van der Waals surface area contributed by atoms with Crippen molar-refractivity contribution in [3.8, 4) is 0 Å². The van der Waals surface area contributed by atoms with Crippen LogP contribution in [-0.2, 0) is 14.4 Å². The lowest BCUT2D eigenvalue weighted by Gasteiger charge is -2.36. The number of carbonyl (C=O) groups is 2. The Hall–Kier alpha value is -2.32. The lowest BCUT2D eigenvalue weighted by atomic mass is 9.77. The van der Waals surface area contributed by atoms with Crippen LogP contribution in [0.25, 0.3) is 0 Å². The highest BCUT2D eigenvalue weighted by Gasteiger charge is 2.49. The number of amides is 1. The summed E-state index contributed by atoms with van der Waals surface area (Å²) in [4.78, 5) is 38.3. The number of piperidine rings is 1. The van der Waals surface area contributed by atoms with Gasteiger partial charge in [-0.1, -0.05) is 0 Å². The molecule has 4 aliphatic heterocycles. The predicted molar refractivity (Wildman–Crippen MR) is 145 cm³/mol. The molecule has 4 aliphatic rings. The Labute approximate surface area is 221 Å². The van der Waals surface area contributed by atoms with Gasteiger partial charge in [0.15, 0.2) is 0 Å². The molecule has 0 radical (unpaired) electrons. The monoisotopic (exact) mass is 512 g/mol. The third-order valence-corrected chi connectivity index (χ3v) is 8.86. The number of hydrogen-bond donors (Lipinski definition) is 0. The average molecular weight is 513 g/mol. The minimum Gasteiger partial charge on any atom is -0.427 e. The topological polar surface area (TPSA) is 65.6 Å². The summed E-state index contributed by atoms with van der Waals surface area (Å²) in [6.07, 6.45) is 5.41. The molecule has 1 spiro atoms. The van der Waals surface area contributed by atoms with Crippen LogP contribution < -0.4 is 9.80 Å². The molecule has 1 amide bonds. The van der Waals surface area contributed by atoms with E-state index in [0.717, 1.165) is 37.3 Å². The smallest absolute Gasteiger partial charge is 0.427 e. The second-order valence-corrected chi connectivity index (χ2v) is 12.6. The van der Waals surface area contributed by atoms with E-state index in [4.69, 9.17) is 9.57 Å². The zero-order chi connectivity index (χ0) is 26.4. The molecule has 0 bridgehead atoms. The quantitative estimate of drug-likeness (QED) is 0.540. The summed E-state index contributed by atoms with van der Waals surface area (Å²) >= 11 is 0. The van der Waals surface area contributed by atoms with Gasteiger partial charge in [-0.25, -0.2) is 4.79 Å². The van der Waals surface area contributed by atoms with Crippen molar-refractivity contribution >= 4 is 23.4 Å². The molecule has 8 nitrogen and oxygen atoms in total. The molecule has 1 aromatic carbocycles. The van der Waals surface area contributed by atoms with Gasteiger partial charge in [0.25, 0.3) is 0 Å². The number of benzene rings is 1. The van der Waals surface area contributed by atoms with Crippen LogP contribution in [0.15, 0.2) is 18.2 Å². The van der Waals surface area contributed by atoms with Crippen LogP contribution in [0.4, 0.5) is 16.2 Å². The van der Waals surface area contributed by atoms with Gasteiger partial charge in [-0.15, -0.1) is 5.06 Å². The number of rotatable bonds is 4. The highest BCUT2D eigenvalue weighted by molar-refractivity contribution is 6.00. The first-order chi connectivity index (χ1) is 17.5. The van der Waals surface area contributed by atoms with Crippen molar-refractivity contribution in [2.24, 2.45) is 5.41 Å². The molecule has 5 rings (SSSR count). The van der Waals surface area contributed by atoms with Gasteiger partial charge in [-0.2, -0.15) is 0 Å². The number of hydrogen-bond acceptors (Lipinski definition) is 7. The van der Waals surface area contributed by atoms with Crippen molar-refractivity contribution in [2.45, 2.75) is 90.8 Å². The summed E-state index contributed by atoms with van der Waals surface area (Å²) in [6.45, 7) is 15.2. The van der Waals surface area contributed by atoms with Crippen molar-refractivity contribution in [1.29, 1.82) is 0 Å². The van der Waals surface area contributed by atoms with E-state index in [-0.39, 0.29) is 11.3 Å². The predicted octanol–water partition coefficient (Wildman–Crippen LogP) is 4.74. The molecule has 204 valence electrons. The highest BCUT2D eigenvalue weighted by atomic mass is 16.8. The van der Waals surface area contributed by atoms with Gasteiger partial charge in [0.1, 0.15) is 5.60 Å². The summed E-state index contributed by atoms with van der Waals surface area (Å²) in [5, 5.41) is 1.64. The van der Waals surface area contributed by atoms with E-state index in [1.807, 2.05) is 25.7 Å². The molecule has 0 saturated carbocycles. The number of hydroxylamine groups is 2. The number of ether oxygens (including phenoxy) is 1.